The monoisotopic (exact) mass is 835 g/mol. The number of likely N-dealkylation sites (tertiary alicyclic amines) is 2. The number of nitrogens with zero attached hydrogens (tertiary/aromatic N) is 9. The number of ether oxygens (including phenoxy) is 2. The predicted octanol–water partition coefficient (Wildman–Crippen LogP) is 9.24. The molecule has 4 aliphatic rings. The second kappa shape index (κ2) is 18.6. The Bertz CT molecular complexity index is 2080. The molecule has 324 valence electrons. The molecule has 4 aromatic rings. The normalized spacial score (nSPS) is 20.0. The Kier molecular flexibility index (Phi) is 14.0. The van der Waals surface area contributed by atoms with E-state index in [9.17, 15) is 9.59 Å². The van der Waals surface area contributed by atoms with Crippen molar-refractivity contribution in [2.24, 2.45) is 0 Å². The molecule has 0 aliphatic carbocycles. The van der Waals surface area contributed by atoms with E-state index in [0.717, 1.165) is 91.4 Å². The number of anilines is 1. The Morgan fingerprint density at radius 3 is 1.54 bits per heavy atom. The summed E-state index contributed by atoms with van der Waals surface area (Å²) in [6.07, 6.45) is 10.5. The van der Waals surface area contributed by atoms with Gasteiger partial charge >= 0.3 is 12.2 Å². The number of aryl methyl sites for hydroxylation is 2. The summed E-state index contributed by atoms with van der Waals surface area (Å²) in [6, 6.07) is 3.81. The number of hydrogen-bond acceptors (Lipinski definition) is 10. The minimum atomic E-state index is -0.517. The van der Waals surface area contributed by atoms with Crippen LogP contribution in [0.2, 0.25) is 5.15 Å². The highest BCUT2D eigenvalue weighted by Crippen LogP contribution is 2.35. The van der Waals surface area contributed by atoms with Crippen LogP contribution in [0, 0.1) is 27.7 Å². The molecule has 0 radical (unpaired) electrons. The second-order valence-corrected chi connectivity index (χ2v) is 18.8. The Hall–Kier alpha value is -4.17. The lowest BCUT2D eigenvalue weighted by molar-refractivity contribution is 0.00800. The molecule has 14 nitrogen and oxygen atoms in total. The Morgan fingerprint density at radius 1 is 0.644 bits per heavy atom. The first-order valence-corrected chi connectivity index (χ1v) is 22.1. The molecular weight excluding hydrogens is 768 g/mol. The maximum Gasteiger partial charge on any atom is 0.410 e. The molecule has 4 fully saturated rings. The Morgan fingerprint density at radius 2 is 1.08 bits per heavy atom. The van der Waals surface area contributed by atoms with Crippen molar-refractivity contribution >= 4 is 40.9 Å². The van der Waals surface area contributed by atoms with Crippen LogP contribution >= 0.6 is 11.6 Å². The lowest BCUT2D eigenvalue weighted by Gasteiger charge is -2.35. The summed E-state index contributed by atoms with van der Waals surface area (Å²) < 4.78 is 14.9. The maximum absolute atomic E-state index is 12.8. The SMILES string of the molecule is C1CCNC1.Cc1nc2cc([C@@H]3CCCCN3C(=O)OC(C)(C)C)nn2c(Cl)c1C.Cc1nc2cc([C@@H]3CCCCN3C(=O)OC(C)(C)C)nn2c(N2CCCC2)c1C. The van der Waals surface area contributed by atoms with Crippen LogP contribution in [0.1, 0.15) is 152 Å². The number of carbonyl (C=O) groups excluding carboxylic acids is 2. The van der Waals surface area contributed by atoms with Crippen LogP contribution in [-0.4, -0.2) is 102 Å². The molecule has 0 aromatic carbocycles. The molecule has 15 heteroatoms. The first kappa shape index (κ1) is 44.4. The van der Waals surface area contributed by atoms with Crippen molar-refractivity contribution in [1.82, 2.24) is 44.3 Å². The fraction of sp³-hybridized carbons (Fsp3) is 0.682. The van der Waals surface area contributed by atoms with Gasteiger partial charge in [-0.2, -0.15) is 14.7 Å². The van der Waals surface area contributed by atoms with E-state index in [1.807, 2.05) is 70.9 Å². The molecular formula is C44H67ClN10O4. The van der Waals surface area contributed by atoms with Crippen molar-refractivity contribution in [2.75, 3.05) is 44.2 Å². The van der Waals surface area contributed by atoms with Crippen molar-refractivity contribution < 1.29 is 19.1 Å². The highest BCUT2D eigenvalue weighted by Gasteiger charge is 2.35. The summed E-state index contributed by atoms with van der Waals surface area (Å²) in [7, 11) is 0. The molecule has 2 atom stereocenters. The van der Waals surface area contributed by atoms with Crippen molar-refractivity contribution in [3.8, 4) is 0 Å². The summed E-state index contributed by atoms with van der Waals surface area (Å²) in [6.45, 7) is 25.4. The quantitative estimate of drug-likeness (QED) is 0.199. The first-order valence-electron chi connectivity index (χ1n) is 21.8. The van der Waals surface area contributed by atoms with Gasteiger partial charge in [-0.15, -0.1) is 0 Å². The van der Waals surface area contributed by atoms with Gasteiger partial charge in [0.15, 0.2) is 11.3 Å². The molecule has 2 amide bonds. The van der Waals surface area contributed by atoms with Gasteiger partial charge in [0.2, 0.25) is 0 Å². The van der Waals surface area contributed by atoms with E-state index in [-0.39, 0.29) is 24.3 Å². The first-order chi connectivity index (χ1) is 27.9. The van der Waals surface area contributed by atoms with E-state index < -0.39 is 11.2 Å². The number of nitrogens with one attached hydrogen (secondary N) is 1. The van der Waals surface area contributed by atoms with Gasteiger partial charge in [-0.25, -0.2) is 24.1 Å². The van der Waals surface area contributed by atoms with E-state index in [2.05, 4.69) is 40.2 Å². The molecule has 0 bridgehead atoms. The highest BCUT2D eigenvalue weighted by molar-refractivity contribution is 6.30. The minimum Gasteiger partial charge on any atom is -0.444 e. The number of fused-ring (bicyclic) bond motifs is 2. The molecule has 1 N–H and O–H groups in total. The molecule has 4 aromatic heterocycles. The van der Waals surface area contributed by atoms with Crippen molar-refractivity contribution in [1.29, 1.82) is 0 Å². The molecule has 4 saturated heterocycles. The lowest BCUT2D eigenvalue weighted by Crippen LogP contribution is -2.42. The summed E-state index contributed by atoms with van der Waals surface area (Å²) in [5.74, 6) is 1.15. The van der Waals surface area contributed by atoms with Crippen LogP contribution in [0.3, 0.4) is 0 Å². The van der Waals surface area contributed by atoms with Crippen LogP contribution in [-0.2, 0) is 9.47 Å². The number of carbonyl (C=O) groups is 2. The van der Waals surface area contributed by atoms with Crippen molar-refractivity contribution in [2.45, 2.75) is 157 Å². The average Bonchev–Trinajstić information content (AvgIpc) is 4.02. The van der Waals surface area contributed by atoms with Crippen LogP contribution in [0.15, 0.2) is 12.1 Å². The standard InChI is InChI=1S/C22H33N5O2.C18H25ClN4O2.C4H9N/c1-15-16(2)23-19-14-17(24-27(19)20(15)25-11-8-9-12-25)18-10-6-7-13-26(18)21(28)29-22(3,4)5;1-11-12(2)20-15-10-13(21-23(15)16(11)19)14-8-6-7-9-22(14)17(24)25-18(3,4)5;1-2-4-5-3-1/h14,18H,6-13H2,1-5H3;10,14H,6-9H2,1-5H3;5H,1-4H2/t18-;14-;/m00./s1. The number of rotatable bonds is 3. The zero-order valence-electron chi connectivity index (χ0n) is 37.2. The summed E-state index contributed by atoms with van der Waals surface area (Å²) in [5, 5.41) is 13.4. The molecule has 0 saturated carbocycles. The van der Waals surface area contributed by atoms with Crippen molar-refractivity contribution in [3.05, 3.63) is 51.2 Å². The third-order valence-corrected chi connectivity index (χ3v) is 11.9. The smallest absolute Gasteiger partial charge is 0.410 e. The van der Waals surface area contributed by atoms with Gasteiger partial charge in [-0.3, -0.25) is 9.80 Å². The van der Waals surface area contributed by atoms with Gasteiger partial charge < -0.3 is 19.7 Å². The summed E-state index contributed by atoms with van der Waals surface area (Å²) >= 11 is 6.42. The molecule has 8 rings (SSSR count). The minimum absolute atomic E-state index is 0.0626. The third kappa shape index (κ3) is 10.8. The van der Waals surface area contributed by atoms with Gasteiger partial charge in [0.25, 0.3) is 0 Å². The molecule has 0 spiro atoms. The topological polar surface area (TPSA) is 135 Å². The molecule has 59 heavy (non-hydrogen) atoms. The third-order valence-electron chi connectivity index (χ3n) is 11.4. The van der Waals surface area contributed by atoms with Gasteiger partial charge in [0.05, 0.1) is 23.5 Å². The molecule has 8 heterocycles. The van der Waals surface area contributed by atoms with Crippen molar-refractivity contribution in [3.63, 3.8) is 0 Å². The zero-order chi connectivity index (χ0) is 42.6. The van der Waals surface area contributed by atoms with Gasteiger partial charge in [0.1, 0.15) is 22.2 Å². The van der Waals surface area contributed by atoms with E-state index in [4.69, 9.17) is 31.2 Å². The Balaban J connectivity index is 0.000000179. The fourth-order valence-electron chi connectivity index (χ4n) is 8.18. The second-order valence-electron chi connectivity index (χ2n) is 18.5. The van der Waals surface area contributed by atoms with Gasteiger partial charge in [-0.1, -0.05) is 11.6 Å². The average molecular weight is 836 g/mol. The fourth-order valence-corrected chi connectivity index (χ4v) is 8.45. The molecule has 0 unspecified atom stereocenters. The van der Waals surface area contributed by atoms with E-state index >= 15 is 0 Å². The van der Waals surface area contributed by atoms with Crippen LogP contribution in [0.5, 0.6) is 0 Å². The van der Waals surface area contributed by atoms with E-state index in [1.165, 1.54) is 44.3 Å². The maximum atomic E-state index is 12.8. The van der Waals surface area contributed by atoms with Gasteiger partial charge in [-0.05, 0) is 147 Å². The molecule has 4 aliphatic heterocycles. The van der Waals surface area contributed by atoms with E-state index in [0.29, 0.717) is 23.9 Å². The highest BCUT2D eigenvalue weighted by atomic mass is 35.5. The lowest BCUT2D eigenvalue weighted by atomic mass is 10.00. The van der Waals surface area contributed by atoms with Crippen LogP contribution in [0.25, 0.3) is 11.3 Å². The van der Waals surface area contributed by atoms with Crippen LogP contribution in [0.4, 0.5) is 15.4 Å². The summed E-state index contributed by atoms with van der Waals surface area (Å²) in [4.78, 5) is 40.9. The number of piperidine rings is 2. The van der Waals surface area contributed by atoms with Gasteiger partial charge in [0, 0.05) is 60.8 Å². The Labute approximate surface area is 355 Å². The van der Waals surface area contributed by atoms with Crippen LogP contribution < -0.4 is 10.2 Å². The summed E-state index contributed by atoms with van der Waals surface area (Å²) in [5.41, 5.74) is 6.29. The zero-order valence-corrected chi connectivity index (χ0v) is 37.9. The number of aromatic nitrogens is 6. The largest absolute Gasteiger partial charge is 0.444 e. The number of hydrogen-bond donors (Lipinski definition) is 1. The predicted molar refractivity (Wildman–Crippen MR) is 233 cm³/mol. The number of halogens is 1. The number of amides is 2. The van der Waals surface area contributed by atoms with E-state index in [1.54, 1.807) is 9.42 Å².